The van der Waals surface area contributed by atoms with E-state index in [2.05, 4.69) is 0 Å². The average molecular weight is 453 g/mol. The van der Waals surface area contributed by atoms with Gasteiger partial charge in [0.05, 0.1) is 19.1 Å². The Labute approximate surface area is 195 Å². The highest BCUT2D eigenvalue weighted by Crippen LogP contribution is 2.23. The molecule has 1 unspecified atom stereocenters. The van der Waals surface area contributed by atoms with Gasteiger partial charge in [-0.15, -0.1) is 0 Å². The van der Waals surface area contributed by atoms with E-state index in [-0.39, 0.29) is 30.2 Å². The second kappa shape index (κ2) is 11.5. The third kappa shape index (κ3) is 6.57. The number of carbonyl (C=O) groups excluding carboxylic acids is 3. The van der Waals surface area contributed by atoms with Gasteiger partial charge in [0.25, 0.3) is 5.91 Å². The third-order valence-electron chi connectivity index (χ3n) is 5.84. The van der Waals surface area contributed by atoms with Gasteiger partial charge in [0.1, 0.15) is 5.75 Å². The number of likely N-dealkylation sites (N-methyl/N-ethyl adjacent to an activating group) is 1. The van der Waals surface area contributed by atoms with Crippen LogP contribution in [0, 0.1) is 5.92 Å². The van der Waals surface area contributed by atoms with Crippen LogP contribution in [0.1, 0.15) is 26.7 Å². The van der Waals surface area contributed by atoms with E-state index in [1.165, 1.54) is 4.90 Å². The molecule has 1 heterocycles. The number of rotatable bonds is 8. The lowest BCUT2D eigenvalue weighted by Crippen LogP contribution is -2.47. The van der Waals surface area contributed by atoms with Gasteiger partial charge in [0.2, 0.25) is 5.91 Å². The van der Waals surface area contributed by atoms with E-state index in [1.54, 1.807) is 25.8 Å². The number of esters is 1. The summed E-state index contributed by atoms with van der Waals surface area (Å²) in [4.78, 5) is 40.3. The van der Waals surface area contributed by atoms with Crippen LogP contribution in [0.3, 0.4) is 0 Å². The van der Waals surface area contributed by atoms with Crippen LogP contribution < -0.4 is 4.74 Å². The molecule has 0 aliphatic carbocycles. The summed E-state index contributed by atoms with van der Waals surface area (Å²) in [7, 11) is 1.60. The normalized spacial score (nSPS) is 14.9. The molecule has 1 saturated heterocycles. The molecule has 0 aromatic heterocycles. The summed E-state index contributed by atoms with van der Waals surface area (Å²) in [5.41, 5.74) is 2.18. The maximum Gasteiger partial charge on any atom is 0.309 e. The highest BCUT2D eigenvalue weighted by molar-refractivity contribution is 5.87. The predicted molar refractivity (Wildman–Crippen MR) is 126 cm³/mol. The van der Waals surface area contributed by atoms with Crippen molar-refractivity contribution in [2.75, 3.05) is 33.3 Å². The van der Waals surface area contributed by atoms with Gasteiger partial charge in [-0.1, -0.05) is 42.5 Å². The monoisotopic (exact) mass is 452 g/mol. The lowest BCUT2D eigenvalue weighted by atomic mass is 9.97. The SMILES string of the molecule is CCOC(=O)C1CCN(C(=O)CN(C)C(=O)C(C)Oc2ccc(-c3ccccc3)cc2)CC1. The molecule has 176 valence electrons. The minimum atomic E-state index is -0.722. The second-order valence-corrected chi connectivity index (χ2v) is 8.25. The van der Waals surface area contributed by atoms with Crippen molar-refractivity contribution < 1.29 is 23.9 Å². The number of carbonyl (C=O) groups is 3. The van der Waals surface area contributed by atoms with Crippen molar-refractivity contribution in [2.24, 2.45) is 5.92 Å². The van der Waals surface area contributed by atoms with Crippen LogP contribution in [-0.4, -0.2) is 67.0 Å². The Morgan fingerprint density at radius 1 is 1.00 bits per heavy atom. The van der Waals surface area contributed by atoms with Crippen LogP contribution in [-0.2, 0) is 19.1 Å². The van der Waals surface area contributed by atoms with Crippen LogP contribution in [0.4, 0.5) is 0 Å². The molecule has 2 aromatic carbocycles. The van der Waals surface area contributed by atoms with Gasteiger partial charge in [-0.05, 0) is 49.9 Å². The summed E-state index contributed by atoms with van der Waals surface area (Å²) < 4.78 is 10.9. The second-order valence-electron chi connectivity index (χ2n) is 8.25. The topological polar surface area (TPSA) is 76.2 Å². The Morgan fingerprint density at radius 3 is 2.21 bits per heavy atom. The van der Waals surface area contributed by atoms with Crippen molar-refractivity contribution in [2.45, 2.75) is 32.8 Å². The van der Waals surface area contributed by atoms with Crippen molar-refractivity contribution in [3.8, 4) is 16.9 Å². The number of benzene rings is 2. The van der Waals surface area contributed by atoms with E-state index >= 15 is 0 Å². The summed E-state index contributed by atoms with van der Waals surface area (Å²) in [6.45, 7) is 4.79. The Morgan fingerprint density at radius 2 is 1.61 bits per heavy atom. The van der Waals surface area contributed by atoms with Crippen LogP contribution in [0.25, 0.3) is 11.1 Å². The van der Waals surface area contributed by atoms with E-state index in [0.717, 1.165) is 11.1 Å². The largest absolute Gasteiger partial charge is 0.481 e. The molecule has 1 fully saturated rings. The van der Waals surface area contributed by atoms with E-state index in [9.17, 15) is 14.4 Å². The fraction of sp³-hybridized carbons (Fsp3) is 0.423. The summed E-state index contributed by atoms with van der Waals surface area (Å²) >= 11 is 0. The maximum atomic E-state index is 12.7. The molecule has 2 amide bonds. The van der Waals surface area contributed by atoms with E-state index in [0.29, 0.717) is 38.3 Å². The summed E-state index contributed by atoms with van der Waals surface area (Å²) in [6.07, 6.45) is 0.446. The molecule has 0 spiro atoms. The Bertz CT molecular complexity index is 937. The Hall–Kier alpha value is -3.35. The molecule has 7 nitrogen and oxygen atoms in total. The smallest absolute Gasteiger partial charge is 0.309 e. The minimum Gasteiger partial charge on any atom is -0.481 e. The van der Waals surface area contributed by atoms with Crippen molar-refractivity contribution in [1.82, 2.24) is 9.80 Å². The quantitative estimate of drug-likeness (QED) is 0.574. The summed E-state index contributed by atoms with van der Waals surface area (Å²) in [6, 6.07) is 17.6. The minimum absolute atomic E-state index is 0.0243. The maximum absolute atomic E-state index is 12.7. The van der Waals surface area contributed by atoms with E-state index < -0.39 is 6.10 Å². The Balaban J connectivity index is 1.47. The van der Waals surface area contributed by atoms with Gasteiger partial charge in [-0.2, -0.15) is 0 Å². The van der Waals surface area contributed by atoms with Crippen LogP contribution in [0.15, 0.2) is 54.6 Å². The van der Waals surface area contributed by atoms with Gasteiger partial charge in [0.15, 0.2) is 6.10 Å². The first-order chi connectivity index (χ1) is 15.9. The fourth-order valence-corrected chi connectivity index (χ4v) is 3.93. The molecule has 0 bridgehead atoms. The Kier molecular flexibility index (Phi) is 8.46. The van der Waals surface area contributed by atoms with Crippen molar-refractivity contribution in [1.29, 1.82) is 0 Å². The van der Waals surface area contributed by atoms with Gasteiger partial charge in [-0.25, -0.2) is 0 Å². The van der Waals surface area contributed by atoms with Gasteiger partial charge < -0.3 is 19.3 Å². The number of likely N-dealkylation sites (tertiary alicyclic amines) is 1. The number of piperidine rings is 1. The zero-order valence-electron chi connectivity index (χ0n) is 19.5. The number of nitrogens with zero attached hydrogens (tertiary/aromatic N) is 2. The van der Waals surface area contributed by atoms with Gasteiger partial charge in [0, 0.05) is 20.1 Å². The van der Waals surface area contributed by atoms with E-state index in [1.807, 2.05) is 54.6 Å². The molecule has 3 rings (SSSR count). The lowest BCUT2D eigenvalue weighted by molar-refractivity contribution is -0.151. The lowest BCUT2D eigenvalue weighted by Gasteiger charge is -2.32. The first kappa shape index (κ1) is 24.3. The number of hydrogen-bond acceptors (Lipinski definition) is 5. The molecular formula is C26H32N2O5. The molecular weight excluding hydrogens is 420 g/mol. The van der Waals surface area contributed by atoms with Crippen molar-refractivity contribution >= 4 is 17.8 Å². The molecule has 0 saturated carbocycles. The molecule has 0 N–H and O–H groups in total. The predicted octanol–water partition coefficient (Wildman–Crippen LogP) is 3.38. The third-order valence-corrected chi connectivity index (χ3v) is 5.84. The van der Waals surface area contributed by atoms with Crippen LogP contribution >= 0.6 is 0 Å². The van der Waals surface area contributed by atoms with Gasteiger partial charge >= 0.3 is 5.97 Å². The fourth-order valence-electron chi connectivity index (χ4n) is 3.93. The molecule has 0 radical (unpaired) electrons. The number of hydrogen-bond donors (Lipinski definition) is 0. The number of amides is 2. The average Bonchev–Trinajstić information content (AvgIpc) is 2.84. The summed E-state index contributed by atoms with van der Waals surface area (Å²) in [5, 5.41) is 0. The highest BCUT2D eigenvalue weighted by atomic mass is 16.5. The molecule has 1 atom stereocenters. The zero-order valence-corrected chi connectivity index (χ0v) is 19.5. The first-order valence-corrected chi connectivity index (χ1v) is 11.4. The highest BCUT2D eigenvalue weighted by Gasteiger charge is 2.29. The zero-order chi connectivity index (χ0) is 23.8. The van der Waals surface area contributed by atoms with Crippen molar-refractivity contribution in [3.63, 3.8) is 0 Å². The molecule has 1 aliphatic rings. The van der Waals surface area contributed by atoms with Crippen LogP contribution in [0.5, 0.6) is 5.75 Å². The van der Waals surface area contributed by atoms with Crippen molar-refractivity contribution in [3.05, 3.63) is 54.6 Å². The van der Waals surface area contributed by atoms with Gasteiger partial charge in [-0.3, -0.25) is 14.4 Å². The number of ether oxygens (including phenoxy) is 2. The summed E-state index contributed by atoms with van der Waals surface area (Å²) in [5.74, 6) is -0.157. The standard InChI is InChI=1S/C26H32N2O5/c1-4-32-26(31)22-14-16-28(17-15-22)24(29)18-27(3)25(30)19(2)33-23-12-10-21(11-13-23)20-8-6-5-7-9-20/h5-13,19,22H,4,14-18H2,1-3H3. The molecule has 2 aromatic rings. The van der Waals surface area contributed by atoms with Crippen LogP contribution in [0.2, 0.25) is 0 Å². The molecule has 33 heavy (non-hydrogen) atoms. The molecule has 1 aliphatic heterocycles. The van der Waals surface area contributed by atoms with E-state index in [4.69, 9.17) is 9.47 Å². The molecule has 7 heteroatoms. The first-order valence-electron chi connectivity index (χ1n) is 11.4.